The molecule has 0 spiro atoms. The number of carbonyl (C=O) groups excluding carboxylic acids is 1. The number of halogens is 1. The molecule has 0 fully saturated rings. The molecule has 5 heteroatoms. The van der Waals surface area contributed by atoms with Gasteiger partial charge in [0.25, 0.3) is 5.91 Å². The van der Waals surface area contributed by atoms with E-state index in [4.69, 9.17) is 16.3 Å². The fourth-order valence-corrected chi connectivity index (χ4v) is 1.28. The van der Waals surface area contributed by atoms with Gasteiger partial charge < -0.3 is 4.74 Å². The highest BCUT2D eigenvalue weighted by Gasteiger charge is 2.23. The summed E-state index contributed by atoms with van der Waals surface area (Å²) in [6, 6.07) is 4.65. The van der Waals surface area contributed by atoms with Gasteiger partial charge in [-0.3, -0.25) is 10.0 Å². The number of benzene rings is 1. The normalized spacial score (nSPS) is 15.2. The van der Waals surface area contributed by atoms with E-state index in [1.54, 1.807) is 12.1 Å². The van der Waals surface area contributed by atoms with Gasteiger partial charge in [0, 0.05) is 11.1 Å². The summed E-state index contributed by atoms with van der Waals surface area (Å²) in [4.78, 5) is 11.0. The van der Waals surface area contributed by atoms with Gasteiger partial charge in [0.05, 0.1) is 0 Å². The summed E-state index contributed by atoms with van der Waals surface area (Å²) in [6.45, 7) is -0.163. The molecule has 0 saturated carbocycles. The second kappa shape index (κ2) is 2.90. The zero-order chi connectivity index (χ0) is 9.42. The van der Waals surface area contributed by atoms with Gasteiger partial charge >= 0.3 is 0 Å². The maximum absolute atomic E-state index is 11.0. The average Bonchev–Trinajstić information content (AvgIpc) is 2.12. The summed E-state index contributed by atoms with van der Waals surface area (Å²) >= 11 is 5.70. The summed E-state index contributed by atoms with van der Waals surface area (Å²) in [5.74, 6) is -0.0792. The molecule has 1 heterocycles. The first-order valence-corrected chi connectivity index (χ1v) is 4.00. The smallest absolute Gasteiger partial charge is 0.288 e. The Morgan fingerprint density at radius 1 is 1.54 bits per heavy atom. The number of carbonyl (C=O) groups is 1. The highest BCUT2D eigenvalue weighted by Crippen LogP contribution is 2.33. The number of anilines is 1. The van der Waals surface area contributed by atoms with Crippen LogP contribution in [-0.2, 0) is 4.79 Å². The lowest BCUT2D eigenvalue weighted by Gasteiger charge is -2.23. The van der Waals surface area contributed by atoms with E-state index in [9.17, 15) is 10.0 Å². The predicted octanol–water partition coefficient (Wildman–Crippen LogP) is 1.45. The van der Waals surface area contributed by atoms with Gasteiger partial charge in [-0.1, -0.05) is 11.6 Å². The molecule has 68 valence electrons. The average molecular weight is 200 g/mol. The Balaban J connectivity index is 2.49. The summed E-state index contributed by atoms with van der Waals surface area (Å²) < 4.78 is 5.05. The monoisotopic (exact) mass is 199 g/mol. The SMILES string of the molecule is O=C1COc2cc(Cl)ccc2N1O. The number of fused-ring (bicyclic) bond motifs is 1. The number of hydrogen-bond donors (Lipinski definition) is 1. The van der Waals surface area contributed by atoms with Crippen LogP contribution in [0, 0.1) is 0 Å². The van der Waals surface area contributed by atoms with E-state index in [2.05, 4.69) is 0 Å². The van der Waals surface area contributed by atoms with Crippen molar-refractivity contribution in [1.29, 1.82) is 0 Å². The van der Waals surface area contributed by atoms with Crippen LogP contribution in [0.15, 0.2) is 18.2 Å². The maximum Gasteiger partial charge on any atom is 0.288 e. The van der Waals surface area contributed by atoms with E-state index in [0.717, 1.165) is 0 Å². The van der Waals surface area contributed by atoms with Crippen molar-refractivity contribution in [3.05, 3.63) is 23.2 Å². The minimum Gasteiger partial charge on any atom is -0.481 e. The molecule has 0 aliphatic carbocycles. The van der Waals surface area contributed by atoms with Crippen LogP contribution in [0.4, 0.5) is 5.69 Å². The summed E-state index contributed by atoms with van der Waals surface area (Å²) in [5, 5.41) is 10.3. The van der Waals surface area contributed by atoms with Gasteiger partial charge in [0.1, 0.15) is 11.4 Å². The first-order chi connectivity index (χ1) is 6.18. The van der Waals surface area contributed by atoms with Crippen LogP contribution in [0.25, 0.3) is 0 Å². The summed E-state index contributed by atoms with van der Waals surface area (Å²) in [5.41, 5.74) is 0.320. The lowest BCUT2D eigenvalue weighted by atomic mass is 10.2. The van der Waals surface area contributed by atoms with Crippen LogP contribution in [0.1, 0.15) is 0 Å². The molecule has 1 aromatic carbocycles. The summed E-state index contributed by atoms with van der Waals surface area (Å²) in [6.07, 6.45) is 0. The fourth-order valence-electron chi connectivity index (χ4n) is 1.11. The summed E-state index contributed by atoms with van der Waals surface area (Å²) in [7, 11) is 0. The molecule has 1 amide bonds. The molecule has 0 bridgehead atoms. The van der Waals surface area contributed by atoms with E-state index in [1.165, 1.54) is 6.07 Å². The quantitative estimate of drug-likeness (QED) is 0.644. The zero-order valence-corrected chi connectivity index (χ0v) is 7.28. The van der Waals surface area contributed by atoms with Gasteiger partial charge in [0.15, 0.2) is 6.61 Å². The van der Waals surface area contributed by atoms with Gasteiger partial charge in [-0.25, -0.2) is 0 Å². The van der Waals surface area contributed by atoms with Crippen LogP contribution >= 0.6 is 11.6 Å². The fraction of sp³-hybridized carbons (Fsp3) is 0.125. The van der Waals surface area contributed by atoms with Gasteiger partial charge in [-0.2, -0.15) is 5.06 Å². The third-order valence-corrected chi connectivity index (χ3v) is 1.97. The standard InChI is InChI=1S/C8H6ClNO3/c9-5-1-2-6-7(3-5)13-4-8(11)10(6)12/h1-3,12H,4H2. The molecular weight excluding hydrogens is 194 g/mol. The van der Waals surface area contributed by atoms with Gasteiger partial charge in [-0.15, -0.1) is 0 Å². The molecule has 0 radical (unpaired) electrons. The van der Waals surface area contributed by atoms with E-state index in [0.29, 0.717) is 21.5 Å². The molecule has 0 atom stereocenters. The number of hydroxylamine groups is 1. The van der Waals surface area contributed by atoms with Crippen LogP contribution in [0.2, 0.25) is 5.02 Å². The van der Waals surface area contributed by atoms with Crippen molar-refractivity contribution in [2.75, 3.05) is 11.7 Å². The van der Waals surface area contributed by atoms with Crippen molar-refractivity contribution < 1.29 is 14.7 Å². The van der Waals surface area contributed by atoms with Crippen molar-refractivity contribution in [1.82, 2.24) is 0 Å². The number of hydrogen-bond acceptors (Lipinski definition) is 3. The molecule has 1 N–H and O–H groups in total. The van der Waals surface area contributed by atoms with Crippen molar-refractivity contribution >= 4 is 23.2 Å². The molecule has 0 unspecified atom stereocenters. The lowest BCUT2D eigenvalue weighted by molar-refractivity contribution is -0.126. The van der Waals surface area contributed by atoms with Crippen LogP contribution < -0.4 is 9.80 Å². The van der Waals surface area contributed by atoms with E-state index in [-0.39, 0.29) is 6.61 Å². The van der Waals surface area contributed by atoms with E-state index < -0.39 is 5.91 Å². The largest absolute Gasteiger partial charge is 0.481 e. The Morgan fingerprint density at radius 2 is 2.31 bits per heavy atom. The highest BCUT2D eigenvalue weighted by atomic mass is 35.5. The number of ether oxygens (including phenoxy) is 1. The van der Waals surface area contributed by atoms with Crippen molar-refractivity contribution in [3.63, 3.8) is 0 Å². The minimum atomic E-state index is -0.491. The highest BCUT2D eigenvalue weighted by molar-refractivity contribution is 6.30. The predicted molar refractivity (Wildman–Crippen MR) is 46.2 cm³/mol. The molecule has 13 heavy (non-hydrogen) atoms. The Labute approximate surface area is 79.2 Å². The molecule has 2 rings (SSSR count). The van der Waals surface area contributed by atoms with Crippen molar-refractivity contribution in [3.8, 4) is 5.75 Å². The van der Waals surface area contributed by atoms with Crippen molar-refractivity contribution in [2.45, 2.75) is 0 Å². The first kappa shape index (κ1) is 8.34. The number of nitrogens with zero attached hydrogens (tertiary/aromatic N) is 1. The topological polar surface area (TPSA) is 49.8 Å². The molecule has 1 aromatic rings. The van der Waals surface area contributed by atoms with Crippen LogP contribution in [0.5, 0.6) is 5.75 Å². The molecular formula is C8H6ClNO3. The van der Waals surface area contributed by atoms with Gasteiger partial charge in [-0.05, 0) is 12.1 Å². The minimum absolute atomic E-state index is 0.163. The van der Waals surface area contributed by atoms with Crippen LogP contribution in [-0.4, -0.2) is 17.7 Å². The van der Waals surface area contributed by atoms with E-state index in [1.807, 2.05) is 0 Å². The second-order valence-electron chi connectivity index (χ2n) is 2.61. The number of rotatable bonds is 0. The zero-order valence-electron chi connectivity index (χ0n) is 6.53. The molecule has 0 aromatic heterocycles. The Hall–Kier alpha value is -1.26. The Morgan fingerprint density at radius 3 is 3.08 bits per heavy atom. The van der Waals surface area contributed by atoms with Crippen LogP contribution in [0.3, 0.4) is 0 Å². The Kier molecular flexibility index (Phi) is 1.86. The third-order valence-electron chi connectivity index (χ3n) is 1.74. The number of amides is 1. The first-order valence-electron chi connectivity index (χ1n) is 3.62. The van der Waals surface area contributed by atoms with E-state index >= 15 is 0 Å². The molecule has 1 aliphatic heterocycles. The van der Waals surface area contributed by atoms with Gasteiger partial charge in [0.2, 0.25) is 0 Å². The Bertz CT molecular complexity index is 366. The maximum atomic E-state index is 11.0. The second-order valence-corrected chi connectivity index (χ2v) is 3.04. The lowest BCUT2D eigenvalue weighted by Crippen LogP contribution is -2.35. The molecule has 0 saturated heterocycles. The molecule has 1 aliphatic rings. The molecule has 4 nitrogen and oxygen atoms in total. The van der Waals surface area contributed by atoms with Crippen molar-refractivity contribution in [2.24, 2.45) is 0 Å². The third kappa shape index (κ3) is 1.34.